The number of rotatable bonds is 19. The zero-order valence-electron chi connectivity index (χ0n) is 81.3. The summed E-state index contributed by atoms with van der Waals surface area (Å²) in [5.41, 5.74) is 41.4. The molecule has 7 nitrogen and oxygen atoms in total. The van der Waals surface area contributed by atoms with Crippen molar-refractivity contribution >= 4 is 117 Å². The molecule has 0 saturated heterocycles. The number of hydrogen-bond acceptors (Lipinski definition) is 4. The van der Waals surface area contributed by atoms with E-state index in [0.717, 1.165) is 114 Å². The Hall–Kier alpha value is -19.8. The van der Waals surface area contributed by atoms with Gasteiger partial charge >= 0.3 is 0 Å². The standard InChI is InChI=1S/C50H33N3.C48H34N2.C42H28F2N2/c51-33-34-14-16-35(17-15-34)36-18-23-42(24-19-36)52(44-27-28-46-40(31-44)30-39-8-4-5-11-45(39)46)43-25-20-37(21-26-43)38-22-29-50-48(32-38)47-12-6-7-13-49(47)53(50)41-9-2-1-3-10-41;1-4-12-35(13-5-1)37-20-27-42(28-21-37)49(43-29-22-38(23-30-43)36-14-6-2-7-15-36)44-31-24-39(25-32-44)40-26-33-48-46(34-40)45-18-10-11-19-47(45)50(48)41-16-8-3-9-17-41;43-33-26-34(44)28-38(27-33)45(36-20-15-30(16-21-36)29-9-3-1-4-10-29)37-22-17-31(18-23-37)32-19-24-42-40(25-32)39-13-7-8-14-41(39)46(42)35-11-5-2-6-12-35/h1-29,31-32H,30H2;1-34H;1-28H. The van der Waals surface area contributed by atoms with E-state index in [1.165, 1.54) is 139 Å². The van der Waals surface area contributed by atoms with Crippen molar-refractivity contribution in [3.05, 3.63) is 592 Å². The zero-order valence-corrected chi connectivity index (χ0v) is 81.3. The number of halogens is 2. The van der Waals surface area contributed by atoms with Gasteiger partial charge in [0.05, 0.1) is 50.4 Å². The van der Waals surface area contributed by atoms with Crippen molar-refractivity contribution < 1.29 is 8.78 Å². The van der Waals surface area contributed by atoms with E-state index in [2.05, 4.69) is 491 Å². The lowest BCUT2D eigenvalue weighted by Gasteiger charge is -2.26. The lowest BCUT2D eigenvalue weighted by Crippen LogP contribution is -2.10. The molecule has 0 N–H and O–H groups in total. The van der Waals surface area contributed by atoms with E-state index in [0.29, 0.717) is 11.3 Å². The molecule has 0 spiro atoms. The minimum Gasteiger partial charge on any atom is -0.311 e. The summed E-state index contributed by atoms with van der Waals surface area (Å²) in [5, 5.41) is 16.6. The third-order valence-corrected chi connectivity index (χ3v) is 28.7. The van der Waals surface area contributed by atoms with Crippen molar-refractivity contribution in [3.63, 3.8) is 0 Å². The first-order valence-electron chi connectivity index (χ1n) is 50.4. The molecule has 1 aliphatic rings. The Bertz CT molecular complexity index is 9320. The van der Waals surface area contributed by atoms with Crippen molar-refractivity contribution in [2.45, 2.75) is 6.42 Å². The maximum atomic E-state index is 14.5. The number of benzene rings is 23. The summed E-state index contributed by atoms with van der Waals surface area (Å²) in [6.07, 6.45) is 0.937. The molecule has 3 heterocycles. The average molecular weight is 1910 g/mol. The molecule has 3 aromatic heterocycles. The van der Waals surface area contributed by atoms with Crippen LogP contribution in [0.25, 0.3) is 171 Å². The van der Waals surface area contributed by atoms with Crippen LogP contribution in [-0.2, 0) is 6.42 Å². The highest BCUT2D eigenvalue weighted by atomic mass is 19.1. The summed E-state index contributed by atoms with van der Waals surface area (Å²) >= 11 is 0. The number of nitriles is 1. The minimum absolute atomic E-state index is 0.410. The molecular formula is C140H95F2N7. The number of fused-ring (bicyclic) bond motifs is 12. The third kappa shape index (κ3) is 17.9. The Kier molecular flexibility index (Phi) is 24.2. The molecule has 9 heteroatoms. The Balaban J connectivity index is 0.000000116. The van der Waals surface area contributed by atoms with Gasteiger partial charge in [0.25, 0.3) is 0 Å². The summed E-state index contributed by atoms with van der Waals surface area (Å²) in [6.45, 7) is 0. The number of nitrogens with zero attached hydrogens (tertiary/aromatic N) is 7. The minimum atomic E-state index is -0.625. The van der Waals surface area contributed by atoms with Crippen LogP contribution in [0.15, 0.2) is 564 Å². The van der Waals surface area contributed by atoms with E-state index in [-0.39, 0.29) is 0 Å². The van der Waals surface area contributed by atoms with Gasteiger partial charge in [-0.3, -0.25) is 0 Å². The fourth-order valence-electron chi connectivity index (χ4n) is 21.6. The summed E-state index contributed by atoms with van der Waals surface area (Å²) in [6, 6.07) is 199. The van der Waals surface area contributed by atoms with Crippen LogP contribution in [0, 0.1) is 23.0 Å². The molecule has 0 radical (unpaired) electrons. The first kappa shape index (κ1) is 90.5. The van der Waals surface area contributed by atoms with Crippen LogP contribution in [-0.4, -0.2) is 13.7 Å². The quantitative estimate of drug-likeness (QED) is 0.0809. The molecule has 23 aromatic carbocycles. The second-order valence-corrected chi connectivity index (χ2v) is 37.7. The van der Waals surface area contributed by atoms with Crippen molar-refractivity contribution in [2.75, 3.05) is 14.7 Å². The molecule has 0 atom stereocenters. The van der Waals surface area contributed by atoms with Gasteiger partial charge in [-0.1, -0.05) is 346 Å². The van der Waals surface area contributed by atoms with Gasteiger partial charge in [-0.25, -0.2) is 8.78 Å². The summed E-state index contributed by atoms with van der Waals surface area (Å²) in [4.78, 5) is 6.57. The second kappa shape index (κ2) is 39.8. The van der Waals surface area contributed by atoms with Crippen molar-refractivity contribution in [2.24, 2.45) is 0 Å². The highest BCUT2D eigenvalue weighted by Gasteiger charge is 2.26. The Morgan fingerprint density at radius 2 is 0.409 bits per heavy atom. The summed E-state index contributed by atoms with van der Waals surface area (Å²) in [5.74, 6) is -1.25. The van der Waals surface area contributed by atoms with Crippen LogP contribution in [0.2, 0.25) is 0 Å². The van der Waals surface area contributed by atoms with Crippen molar-refractivity contribution in [3.8, 4) is 112 Å². The molecule has 0 unspecified atom stereocenters. The van der Waals surface area contributed by atoms with Gasteiger partial charge in [0.2, 0.25) is 0 Å². The van der Waals surface area contributed by atoms with Gasteiger partial charge in [0.15, 0.2) is 0 Å². The monoisotopic (exact) mass is 1910 g/mol. The van der Waals surface area contributed by atoms with Crippen LogP contribution >= 0.6 is 0 Å². The number of hydrogen-bond donors (Lipinski definition) is 0. The van der Waals surface area contributed by atoms with Gasteiger partial charge in [-0.2, -0.15) is 5.26 Å². The largest absolute Gasteiger partial charge is 0.311 e. The molecule has 0 amide bonds. The van der Waals surface area contributed by atoms with Crippen molar-refractivity contribution in [1.82, 2.24) is 13.7 Å². The zero-order chi connectivity index (χ0) is 99.6. The van der Waals surface area contributed by atoms with E-state index in [4.69, 9.17) is 0 Å². The maximum absolute atomic E-state index is 14.5. The molecule has 0 bridgehead atoms. The molecule has 149 heavy (non-hydrogen) atoms. The molecule has 0 saturated carbocycles. The van der Waals surface area contributed by atoms with Crippen molar-refractivity contribution in [1.29, 1.82) is 5.26 Å². The van der Waals surface area contributed by atoms with Crippen LogP contribution in [0.4, 0.5) is 60.0 Å². The van der Waals surface area contributed by atoms with Gasteiger partial charge < -0.3 is 28.4 Å². The Labute approximate surface area is 864 Å². The Morgan fingerprint density at radius 1 is 0.174 bits per heavy atom. The smallest absolute Gasteiger partial charge is 0.128 e. The molecular weight excluding hydrogens is 1820 g/mol. The van der Waals surface area contributed by atoms with Crippen LogP contribution in [0.1, 0.15) is 16.7 Å². The molecule has 0 aliphatic heterocycles. The fourth-order valence-corrected chi connectivity index (χ4v) is 21.6. The molecule has 704 valence electrons. The van der Waals surface area contributed by atoms with E-state index < -0.39 is 11.6 Å². The van der Waals surface area contributed by atoms with Crippen LogP contribution < -0.4 is 14.7 Å². The fraction of sp³-hybridized carbons (Fsp3) is 0.00714. The molecule has 0 fully saturated rings. The van der Waals surface area contributed by atoms with E-state index in [1.807, 2.05) is 89.8 Å². The van der Waals surface area contributed by atoms with Crippen LogP contribution in [0.3, 0.4) is 0 Å². The highest BCUT2D eigenvalue weighted by Crippen LogP contribution is 2.48. The molecule has 27 rings (SSSR count). The van der Waals surface area contributed by atoms with E-state index in [9.17, 15) is 14.0 Å². The predicted molar refractivity (Wildman–Crippen MR) is 617 cm³/mol. The number of anilines is 9. The summed E-state index contributed by atoms with van der Waals surface area (Å²) < 4.78 is 36.0. The lowest BCUT2D eigenvalue weighted by atomic mass is 10.0. The maximum Gasteiger partial charge on any atom is 0.128 e. The average Bonchev–Trinajstić information content (AvgIpc) is 1.60. The van der Waals surface area contributed by atoms with Gasteiger partial charge in [0, 0.05) is 101 Å². The molecule has 1 aliphatic carbocycles. The van der Waals surface area contributed by atoms with Gasteiger partial charge in [0.1, 0.15) is 11.6 Å². The molecule has 26 aromatic rings. The van der Waals surface area contributed by atoms with Gasteiger partial charge in [-0.15, -0.1) is 0 Å². The predicted octanol–water partition coefficient (Wildman–Crippen LogP) is 38.2. The van der Waals surface area contributed by atoms with E-state index in [1.54, 1.807) is 0 Å². The normalized spacial score (nSPS) is 11.4. The first-order chi connectivity index (χ1) is 73.6. The topological polar surface area (TPSA) is 48.3 Å². The Morgan fingerprint density at radius 3 is 0.732 bits per heavy atom. The number of para-hydroxylation sites is 6. The summed E-state index contributed by atoms with van der Waals surface area (Å²) in [7, 11) is 0. The highest BCUT2D eigenvalue weighted by molar-refractivity contribution is 6.13. The van der Waals surface area contributed by atoms with E-state index >= 15 is 0 Å². The van der Waals surface area contributed by atoms with Crippen LogP contribution in [0.5, 0.6) is 0 Å². The number of aromatic nitrogens is 3. The first-order valence-corrected chi connectivity index (χ1v) is 50.4. The van der Waals surface area contributed by atoms with Gasteiger partial charge in [-0.05, 0) is 319 Å². The second-order valence-electron chi connectivity index (χ2n) is 37.7. The lowest BCUT2D eigenvalue weighted by molar-refractivity contribution is 0.584. The SMILES string of the molecule is Fc1cc(F)cc(N(c2ccc(-c3ccccc3)cc2)c2ccc(-c3ccc4c(c3)c3ccccc3n4-c3ccccc3)cc2)c1.N#Cc1ccc(-c2ccc(N(c3ccc(-c4ccc5c(c4)c4ccccc4n5-c4ccccc4)cc3)c3ccc4c(c3)Cc3ccccc3-4)cc2)cc1.c1ccc(-c2ccc(N(c3ccc(-c4ccccc4)cc3)c3ccc(-c4ccc5c(c4)c4ccccc4n5-c4ccccc4)cc3)cc2)cc1. The third-order valence-electron chi connectivity index (χ3n) is 28.7.